The van der Waals surface area contributed by atoms with E-state index in [0.717, 1.165) is 12.0 Å². The number of carbonyl (C=O) groups is 1. The van der Waals surface area contributed by atoms with E-state index in [1.54, 1.807) is 24.3 Å². The average molecular weight is 300 g/mol. The predicted molar refractivity (Wildman–Crippen MR) is 73.6 cm³/mol. The van der Waals surface area contributed by atoms with E-state index in [1.165, 1.54) is 0 Å². The first-order valence-corrected chi connectivity index (χ1v) is 7.05. The Morgan fingerprint density at radius 2 is 1.90 bits per heavy atom. The first-order chi connectivity index (χ1) is 9.86. The molecule has 2 rings (SSSR count). The summed E-state index contributed by atoms with van der Waals surface area (Å²) in [4.78, 5) is 10.9. The lowest BCUT2D eigenvalue weighted by atomic mass is 9.85. The molecule has 1 aliphatic carbocycles. The Morgan fingerprint density at radius 3 is 2.48 bits per heavy atom. The summed E-state index contributed by atoms with van der Waals surface area (Å²) >= 11 is 0. The van der Waals surface area contributed by atoms with E-state index < -0.39 is 18.0 Å². The van der Waals surface area contributed by atoms with Crippen LogP contribution in [-0.4, -0.2) is 18.1 Å². The van der Waals surface area contributed by atoms with Gasteiger partial charge in [-0.3, -0.25) is 4.79 Å². The lowest BCUT2D eigenvalue weighted by molar-refractivity contribution is -0.183. The molecule has 116 valence electrons. The van der Waals surface area contributed by atoms with Crippen LogP contribution >= 0.6 is 0 Å². The van der Waals surface area contributed by atoms with Crippen molar-refractivity contribution < 1.29 is 18.0 Å². The molecule has 3 N–H and O–H groups in total. The number of nitrogens with one attached hydrogen (secondary N) is 1. The molecule has 0 bridgehead atoms. The van der Waals surface area contributed by atoms with Gasteiger partial charge in [0.25, 0.3) is 0 Å². The van der Waals surface area contributed by atoms with Crippen molar-refractivity contribution in [3.8, 4) is 0 Å². The molecule has 3 nitrogen and oxygen atoms in total. The monoisotopic (exact) mass is 300 g/mol. The molecule has 0 radical (unpaired) electrons. The Morgan fingerprint density at radius 1 is 1.24 bits per heavy atom. The number of rotatable bonds is 4. The molecule has 1 aliphatic rings. The minimum atomic E-state index is -4.09. The largest absolute Gasteiger partial charge is 0.391 e. The summed E-state index contributed by atoms with van der Waals surface area (Å²) in [7, 11) is 0. The molecule has 0 saturated heterocycles. The molecule has 0 aliphatic heterocycles. The molecule has 0 spiro atoms. The first kappa shape index (κ1) is 15.8. The summed E-state index contributed by atoms with van der Waals surface area (Å²) in [5.41, 5.74) is 6.50. The summed E-state index contributed by atoms with van der Waals surface area (Å²) in [5, 5.41) is 3.17. The van der Waals surface area contributed by atoms with Crippen LogP contribution in [0.3, 0.4) is 0 Å². The third kappa shape index (κ3) is 4.46. The van der Waals surface area contributed by atoms with Crippen LogP contribution in [0.25, 0.3) is 0 Å². The predicted octanol–water partition coefficient (Wildman–Crippen LogP) is 3.00. The second-order valence-electron chi connectivity index (χ2n) is 5.54. The van der Waals surface area contributed by atoms with Gasteiger partial charge in [0.2, 0.25) is 5.91 Å². The van der Waals surface area contributed by atoms with Crippen molar-refractivity contribution in [2.24, 2.45) is 11.7 Å². The quantitative estimate of drug-likeness (QED) is 0.898. The maximum absolute atomic E-state index is 12.7. The van der Waals surface area contributed by atoms with Crippen LogP contribution in [-0.2, 0) is 6.54 Å². The lowest BCUT2D eigenvalue weighted by Gasteiger charge is -2.31. The van der Waals surface area contributed by atoms with Crippen LogP contribution in [0.2, 0.25) is 0 Å². The summed E-state index contributed by atoms with van der Waals surface area (Å²) in [6.45, 7) is 0.494. The first-order valence-electron chi connectivity index (χ1n) is 7.05. The normalized spacial score (nSPS) is 23.0. The topological polar surface area (TPSA) is 55.1 Å². The van der Waals surface area contributed by atoms with Crippen molar-refractivity contribution in [2.75, 3.05) is 0 Å². The van der Waals surface area contributed by atoms with Gasteiger partial charge in [-0.1, -0.05) is 18.6 Å². The third-order valence-electron chi connectivity index (χ3n) is 3.97. The Bertz CT molecular complexity index is 485. The number of hydrogen-bond donors (Lipinski definition) is 2. The van der Waals surface area contributed by atoms with Crippen LogP contribution < -0.4 is 11.1 Å². The highest BCUT2D eigenvalue weighted by Gasteiger charge is 2.41. The van der Waals surface area contributed by atoms with Gasteiger partial charge >= 0.3 is 6.18 Å². The maximum atomic E-state index is 12.7. The Hall–Kier alpha value is -1.56. The zero-order chi connectivity index (χ0) is 15.5. The second-order valence-corrected chi connectivity index (χ2v) is 5.54. The molecule has 1 aromatic carbocycles. The lowest BCUT2D eigenvalue weighted by Crippen LogP contribution is -2.38. The summed E-state index contributed by atoms with van der Waals surface area (Å²) < 4.78 is 38.2. The summed E-state index contributed by atoms with van der Waals surface area (Å²) in [6, 6.07) is 6.66. The molecule has 1 saturated carbocycles. The van der Waals surface area contributed by atoms with E-state index in [0.29, 0.717) is 18.5 Å². The fourth-order valence-electron chi connectivity index (χ4n) is 2.72. The van der Waals surface area contributed by atoms with Crippen LogP contribution in [0.1, 0.15) is 41.6 Å². The Balaban J connectivity index is 1.86. The molecule has 2 atom stereocenters. The van der Waals surface area contributed by atoms with Crippen molar-refractivity contribution in [1.29, 1.82) is 0 Å². The molecule has 0 heterocycles. The minimum absolute atomic E-state index is 0.110. The number of alkyl halides is 3. The van der Waals surface area contributed by atoms with E-state index in [4.69, 9.17) is 5.73 Å². The van der Waals surface area contributed by atoms with Crippen molar-refractivity contribution in [2.45, 2.75) is 44.4 Å². The van der Waals surface area contributed by atoms with Gasteiger partial charge in [-0.05, 0) is 37.0 Å². The fourth-order valence-corrected chi connectivity index (χ4v) is 2.72. The van der Waals surface area contributed by atoms with Gasteiger partial charge in [0.15, 0.2) is 0 Å². The average Bonchev–Trinajstić information content (AvgIpc) is 2.45. The SMILES string of the molecule is NC(=O)c1ccc(CNC2CCCC(C(F)(F)F)C2)cc1. The van der Waals surface area contributed by atoms with Gasteiger partial charge in [-0.15, -0.1) is 0 Å². The minimum Gasteiger partial charge on any atom is -0.366 e. The maximum Gasteiger partial charge on any atom is 0.391 e. The highest BCUT2D eigenvalue weighted by atomic mass is 19.4. The van der Waals surface area contributed by atoms with Gasteiger partial charge in [-0.2, -0.15) is 13.2 Å². The molecular weight excluding hydrogens is 281 g/mol. The number of halogens is 3. The molecule has 0 aromatic heterocycles. The van der Waals surface area contributed by atoms with Crippen molar-refractivity contribution in [3.05, 3.63) is 35.4 Å². The smallest absolute Gasteiger partial charge is 0.366 e. The van der Waals surface area contributed by atoms with Crippen LogP contribution in [0.15, 0.2) is 24.3 Å². The third-order valence-corrected chi connectivity index (χ3v) is 3.97. The number of benzene rings is 1. The van der Waals surface area contributed by atoms with Crippen molar-refractivity contribution in [3.63, 3.8) is 0 Å². The van der Waals surface area contributed by atoms with E-state index in [9.17, 15) is 18.0 Å². The number of nitrogens with two attached hydrogens (primary N) is 1. The summed E-state index contributed by atoms with van der Waals surface area (Å²) in [6.07, 6.45) is -2.35. The number of carbonyl (C=O) groups excluding carboxylic acids is 1. The molecule has 2 unspecified atom stereocenters. The number of primary amides is 1. The van der Waals surface area contributed by atoms with E-state index in [-0.39, 0.29) is 18.9 Å². The van der Waals surface area contributed by atoms with Gasteiger partial charge in [0.05, 0.1) is 5.92 Å². The number of hydrogen-bond acceptors (Lipinski definition) is 2. The zero-order valence-electron chi connectivity index (χ0n) is 11.6. The van der Waals surface area contributed by atoms with Gasteiger partial charge in [0.1, 0.15) is 0 Å². The molecule has 1 amide bonds. The highest BCUT2D eigenvalue weighted by molar-refractivity contribution is 5.92. The Kier molecular flexibility index (Phi) is 4.88. The highest BCUT2D eigenvalue weighted by Crippen LogP contribution is 2.37. The van der Waals surface area contributed by atoms with E-state index in [1.807, 2.05) is 0 Å². The van der Waals surface area contributed by atoms with Gasteiger partial charge in [-0.25, -0.2) is 0 Å². The number of amides is 1. The molecular formula is C15H19F3N2O. The molecule has 1 aromatic rings. The van der Waals surface area contributed by atoms with Crippen LogP contribution in [0.5, 0.6) is 0 Å². The zero-order valence-corrected chi connectivity index (χ0v) is 11.6. The molecule has 6 heteroatoms. The fraction of sp³-hybridized carbons (Fsp3) is 0.533. The van der Waals surface area contributed by atoms with Crippen LogP contribution in [0, 0.1) is 5.92 Å². The molecule has 21 heavy (non-hydrogen) atoms. The van der Waals surface area contributed by atoms with Gasteiger partial charge in [0, 0.05) is 18.2 Å². The van der Waals surface area contributed by atoms with Crippen molar-refractivity contribution >= 4 is 5.91 Å². The van der Waals surface area contributed by atoms with Gasteiger partial charge < -0.3 is 11.1 Å². The van der Waals surface area contributed by atoms with Crippen molar-refractivity contribution in [1.82, 2.24) is 5.32 Å². The van der Waals surface area contributed by atoms with Crippen LogP contribution in [0.4, 0.5) is 13.2 Å². The second kappa shape index (κ2) is 6.47. The standard InChI is InChI=1S/C15H19F3N2O/c16-15(17,18)12-2-1-3-13(8-12)20-9-10-4-6-11(7-5-10)14(19)21/h4-7,12-13,20H,1-3,8-9H2,(H2,19,21). The van der Waals surface area contributed by atoms with E-state index in [2.05, 4.69) is 5.32 Å². The summed E-state index contributed by atoms with van der Waals surface area (Å²) in [5.74, 6) is -1.68. The molecule has 1 fully saturated rings. The Labute approximate surface area is 121 Å². The van der Waals surface area contributed by atoms with E-state index >= 15 is 0 Å².